The van der Waals surface area contributed by atoms with Crippen LogP contribution in [0.15, 0.2) is 18.2 Å². The van der Waals surface area contributed by atoms with Gasteiger partial charge >= 0.3 is 0 Å². The van der Waals surface area contributed by atoms with Crippen molar-refractivity contribution in [2.45, 2.75) is 31.7 Å². The molecule has 92 valence electrons. The number of nitrogens with one attached hydrogen (secondary N) is 2. The molecular weight excluding hydrogens is 259 g/mol. The van der Waals surface area contributed by atoms with Crippen molar-refractivity contribution in [2.24, 2.45) is 0 Å². The summed E-state index contributed by atoms with van der Waals surface area (Å²) in [7, 11) is 0. The molecule has 1 aromatic rings. The summed E-state index contributed by atoms with van der Waals surface area (Å²) in [6, 6.07) is 4.90. The molecule has 1 aliphatic carbocycles. The van der Waals surface area contributed by atoms with E-state index in [9.17, 15) is 4.39 Å². The second-order valence-electron chi connectivity index (χ2n) is 4.20. The molecule has 0 bridgehead atoms. The standard InChI is InChI=1S/C12H14ClFN2S/c13-8-5-6-11(10(14)7-8)16-12(17)15-9-3-1-2-4-9/h5-7,9H,1-4H2,(H2,15,16,17). The Balaban J connectivity index is 1.93. The first-order valence-corrected chi connectivity index (χ1v) is 6.46. The molecule has 1 aliphatic rings. The minimum Gasteiger partial charge on any atom is -0.360 e. The third kappa shape index (κ3) is 3.54. The lowest BCUT2D eigenvalue weighted by atomic mass is 10.2. The van der Waals surface area contributed by atoms with Crippen LogP contribution < -0.4 is 10.6 Å². The van der Waals surface area contributed by atoms with Crippen LogP contribution in [0.1, 0.15) is 25.7 Å². The van der Waals surface area contributed by atoms with Crippen molar-refractivity contribution in [1.29, 1.82) is 0 Å². The van der Waals surface area contributed by atoms with E-state index in [0.29, 0.717) is 21.9 Å². The van der Waals surface area contributed by atoms with Gasteiger partial charge in [-0.15, -0.1) is 0 Å². The second-order valence-corrected chi connectivity index (χ2v) is 5.05. The summed E-state index contributed by atoms with van der Waals surface area (Å²) >= 11 is 10.8. The van der Waals surface area contributed by atoms with E-state index < -0.39 is 5.82 Å². The molecule has 0 aromatic heterocycles. The molecule has 0 saturated heterocycles. The van der Waals surface area contributed by atoms with Gasteiger partial charge in [0.05, 0.1) is 5.69 Å². The van der Waals surface area contributed by atoms with Gasteiger partial charge in [-0.3, -0.25) is 0 Å². The largest absolute Gasteiger partial charge is 0.360 e. The Hall–Kier alpha value is -0.870. The number of anilines is 1. The summed E-state index contributed by atoms with van der Waals surface area (Å²) in [5.74, 6) is -0.395. The zero-order valence-electron chi connectivity index (χ0n) is 9.30. The summed E-state index contributed by atoms with van der Waals surface area (Å²) in [4.78, 5) is 0. The molecule has 5 heteroatoms. The van der Waals surface area contributed by atoms with Crippen LogP contribution in [0.2, 0.25) is 5.02 Å². The van der Waals surface area contributed by atoms with Crippen molar-refractivity contribution < 1.29 is 4.39 Å². The number of hydrogen-bond donors (Lipinski definition) is 2. The molecule has 0 unspecified atom stereocenters. The molecule has 0 heterocycles. The molecule has 17 heavy (non-hydrogen) atoms. The Bertz CT molecular complexity index is 419. The molecule has 1 aromatic carbocycles. The molecule has 0 atom stereocenters. The maximum absolute atomic E-state index is 13.5. The van der Waals surface area contributed by atoms with Crippen molar-refractivity contribution in [3.63, 3.8) is 0 Å². The second kappa shape index (κ2) is 5.65. The Morgan fingerprint density at radius 2 is 2.06 bits per heavy atom. The van der Waals surface area contributed by atoms with Gasteiger partial charge in [0.1, 0.15) is 5.82 Å². The van der Waals surface area contributed by atoms with Crippen LogP contribution in [0.5, 0.6) is 0 Å². The molecule has 1 fully saturated rings. The van der Waals surface area contributed by atoms with Gasteiger partial charge in [0, 0.05) is 11.1 Å². The van der Waals surface area contributed by atoms with E-state index in [-0.39, 0.29) is 0 Å². The molecule has 2 rings (SSSR count). The van der Waals surface area contributed by atoms with Crippen molar-refractivity contribution in [1.82, 2.24) is 5.32 Å². The lowest BCUT2D eigenvalue weighted by Crippen LogP contribution is -2.36. The molecule has 0 amide bonds. The van der Waals surface area contributed by atoms with Gasteiger partial charge in [0.2, 0.25) is 0 Å². The van der Waals surface area contributed by atoms with Crippen LogP contribution in [-0.2, 0) is 0 Å². The third-order valence-electron chi connectivity index (χ3n) is 2.87. The van der Waals surface area contributed by atoms with Gasteiger partial charge < -0.3 is 10.6 Å². The molecule has 2 N–H and O–H groups in total. The highest BCUT2D eigenvalue weighted by Gasteiger charge is 2.15. The molecule has 1 saturated carbocycles. The average molecular weight is 273 g/mol. The number of hydrogen-bond acceptors (Lipinski definition) is 1. The number of benzene rings is 1. The quantitative estimate of drug-likeness (QED) is 0.803. The summed E-state index contributed by atoms with van der Waals surface area (Å²) in [6.07, 6.45) is 4.72. The zero-order valence-corrected chi connectivity index (χ0v) is 10.9. The van der Waals surface area contributed by atoms with Crippen LogP contribution in [0.3, 0.4) is 0 Å². The van der Waals surface area contributed by atoms with E-state index in [4.69, 9.17) is 23.8 Å². The van der Waals surface area contributed by atoms with E-state index >= 15 is 0 Å². The first-order chi connectivity index (χ1) is 8.15. The fourth-order valence-electron chi connectivity index (χ4n) is 2.00. The van der Waals surface area contributed by atoms with Gasteiger partial charge in [0.15, 0.2) is 5.11 Å². The van der Waals surface area contributed by atoms with Crippen LogP contribution in [-0.4, -0.2) is 11.2 Å². The molecular formula is C12H14ClFN2S. The maximum atomic E-state index is 13.5. The van der Waals surface area contributed by atoms with Gasteiger partial charge in [0.25, 0.3) is 0 Å². The summed E-state index contributed by atoms with van der Waals surface area (Å²) in [6.45, 7) is 0. The predicted molar refractivity (Wildman–Crippen MR) is 73.0 cm³/mol. The minimum absolute atomic E-state index is 0.352. The van der Waals surface area contributed by atoms with Crippen molar-refractivity contribution in [3.8, 4) is 0 Å². The Kier molecular flexibility index (Phi) is 4.18. The van der Waals surface area contributed by atoms with Crippen molar-refractivity contribution in [2.75, 3.05) is 5.32 Å². The number of rotatable bonds is 2. The van der Waals surface area contributed by atoms with Crippen molar-refractivity contribution >= 4 is 34.6 Å². The maximum Gasteiger partial charge on any atom is 0.171 e. The minimum atomic E-state index is -0.395. The Labute approximate surface area is 111 Å². The lowest BCUT2D eigenvalue weighted by molar-refractivity contribution is 0.626. The summed E-state index contributed by atoms with van der Waals surface area (Å²) in [5.41, 5.74) is 0.352. The fraction of sp³-hybridized carbons (Fsp3) is 0.417. The van der Waals surface area contributed by atoms with Crippen LogP contribution in [0.25, 0.3) is 0 Å². The molecule has 2 nitrogen and oxygen atoms in total. The van der Waals surface area contributed by atoms with E-state index in [2.05, 4.69) is 10.6 Å². The lowest BCUT2D eigenvalue weighted by Gasteiger charge is -2.16. The van der Waals surface area contributed by atoms with E-state index in [0.717, 1.165) is 12.8 Å². The molecule has 0 aliphatic heterocycles. The average Bonchev–Trinajstić information content (AvgIpc) is 2.75. The third-order valence-corrected chi connectivity index (χ3v) is 3.32. The highest BCUT2D eigenvalue weighted by atomic mass is 35.5. The highest BCUT2D eigenvalue weighted by Crippen LogP contribution is 2.20. The molecule has 0 spiro atoms. The fourth-order valence-corrected chi connectivity index (χ4v) is 2.44. The van der Waals surface area contributed by atoms with Crippen LogP contribution in [0.4, 0.5) is 10.1 Å². The smallest absolute Gasteiger partial charge is 0.171 e. The van der Waals surface area contributed by atoms with Crippen LogP contribution >= 0.6 is 23.8 Å². The normalized spacial score (nSPS) is 15.9. The highest BCUT2D eigenvalue weighted by molar-refractivity contribution is 7.80. The summed E-state index contributed by atoms with van der Waals surface area (Å²) < 4.78 is 13.5. The van der Waals surface area contributed by atoms with Gasteiger partial charge in [-0.2, -0.15) is 0 Å². The Morgan fingerprint density at radius 1 is 1.35 bits per heavy atom. The molecule has 0 radical (unpaired) electrons. The topological polar surface area (TPSA) is 24.1 Å². The van der Waals surface area contributed by atoms with E-state index in [1.54, 1.807) is 12.1 Å². The van der Waals surface area contributed by atoms with Crippen molar-refractivity contribution in [3.05, 3.63) is 29.0 Å². The number of thiocarbonyl (C=S) groups is 1. The first-order valence-electron chi connectivity index (χ1n) is 5.68. The van der Waals surface area contributed by atoms with Gasteiger partial charge in [-0.05, 0) is 43.3 Å². The predicted octanol–water partition coefficient (Wildman–Crippen LogP) is 3.71. The van der Waals surface area contributed by atoms with Crippen LogP contribution in [0, 0.1) is 5.82 Å². The van der Waals surface area contributed by atoms with E-state index in [1.807, 2.05) is 0 Å². The van der Waals surface area contributed by atoms with E-state index in [1.165, 1.54) is 18.9 Å². The monoisotopic (exact) mass is 272 g/mol. The van der Waals surface area contributed by atoms with Gasteiger partial charge in [-0.25, -0.2) is 4.39 Å². The van der Waals surface area contributed by atoms with Gasteiger partial charge in [-0.1, -0.05) is 24.4 Å². The number of halogens is 2. The SMILES string of the molecule is Fc1cc(Cl)ccc1NC(=S)NC1CCCC1. The zero-order chi connectivity index (χ0) is 12.3. The Morgan fingerprint density at radius 3 is 2.71 bits per heavy atom. The summed E-state index contributed by atoms with van der Waals surface area (Å²) in [5, 5.41) is 6.89. The first kappa shape index (κ1) is 12.6.